The van der Waals surface area contributed by atoms with Crippen LogP contribution in [0.1, 0.15) is 35.9 Å². The molecule has 1 heterocycles. The quantitative estimate of drug-likeness (QED) is 0.725. The predicted molar refractivity (Wildman–Crippen MR) is 91.4 cm³/mol. The Morgan fingerprint density at radius 2 is 1.87 bits per heavy atom. The van der Waals surface area contributed by atoms with Crippen molar-refractivity contribution in [3.8, 4) is 11.1 Å². The van der Waals surface area contributed by atoms with E-state index < -0.39 is 10.0 Å². The van der Waals surface area contributed by atoms with Crippen molar-refractivity contribution >= 4 is 22.2 Å². The van der Waals surface area contributed by atoms with E-state index in [4.69, 9.17) is 4.42 Å². The van der Waals surface area contributed by atoms with Crippen LogP contribution in [0, 0.1) is 6.92 Å². The molecule has 0 N–H and O–H groups in total. The Hall–Kier alpha value is -2.08. The van der Waals surface area contributed by atoms with Crippen LogP contribution in [0.2, 0.25) is 0 Å². The summed E-state index contributed by atoms with van der Waals surface area (Å²) >= 11 is 0. The Kier molecular flexibility index (Phi) is 5.26. The van der Waals surface area contributed by atoms with Crippen LogP contribution in [0.3, 0.4) is 0 Å². The van der Waals surface area contributed by atoms with Gasteiger partial charge in [-0.3, -0.25) is 4.79 Å². The number of carbonyl (C=O) groups excluding carboxylic acids is 1. The summed E-state index contributed by atoms with van der Waals surface area (Å²) in [5.74, 6) is 0.371. The second kappa shape index (κ2) is 7.00. The van der Waals surface area contributed by atoms with Gasteiger partial charge in [0.05, 0.1) is 6.26 Å². The third-order valence-electron chi connectivity index (χ3n) is 3.68. The summed E-state index contributed by atoms with van der Waals surface area (Å²) in [7, 11) is -3.51. The minimum atomic E-state index is -3.51. The van der Waals surface area contributed by atoms with Crippen LogP contribution in [0.4, 0.5) is 5.88 Å². The summed E-state index contributed by atoms with van der Waals surface area (Å²) in [6.45, 7) is 4.07. The molecule has 2 rings (SSSR count). The van der Waals surface area contributed by atoms with E-state index in [0.29, 0.717) is 30.4 Å². The van der Waals surface area contributed by atoms with E-state index in [0.717, 1.165) is 18.2 Å². The summed E-state index contributed by atoms with van der Waals surface area (Å²) in [6, 6.07) is 9.35. The molecule has 0 aliphatic rings. The van der Waals surface area contributed by atoms with Crippen LogP contribution in [-0.2, 0) is 10.0 Å². The molecule has 0 saturated heterocycles. The largest absolute Gasteiger partial charge is 0.436 e. The van der Waals surface area contributed by atoms with Gasteiger partial charge in [0.1, 0.15) is 0 Å². The first-order valence-corrected chi connectivity index (χ1v) is 9.36. The number of aldehydes is 1. The van der Waals surface area contributed by atoms with E-state index in [1.54, 1.807) is 6.92 Å². The molecule has 0 spiro atoms. The zero-order chi connectivity index (χ0) is 17.0. The number of unbranched alkanes of at least 4 members (excludes halogenated alkanes) is 1. The zero-order valence-corrected chi connectivity index (χ0v) is 14.4. The van der Waals surface area contributed by atoms with Crippen LogP contribution < -0.4 is 4.31 Å². The maximum Gasteiger partial charge on any atom is 0.234 e. The minimum Gasteiger partial charge on any atom is -0.436 e. The Labute approximate surface area is 137 Å². The minimum absolute atomic E-state index is 0.156. The molecular formula is C17H21NO4S. The summed E-state index contributed by atoms with van der Waals surface area (Å²) < 4.78 is 31.3. The molecule has 0 amide bonds. The number of hydrogen-bond donors (Lipinski definition) is 0. The fraction of sp³-hybridized carbons (Fsp3) is 0.353. The second-order valence-corrected chi connectivity index (χ2v) is 7.35. The fourth-order valence-corrected chi connectivity index (χ4v) is 3.36. The van der Waals surface area contributed by atoms with Gasteiger partial charge >= 0.3 is 0 Å². The number of carbonyl (C=O) groups is 1. The number of hydrogen-bond acceptors (Lipinski definition) is 4. The van der Waals surface area contributed by atoms with Crippen molar-refractivity contribution in [2.75, 3.05) is 17.1 Å². The molecule has 124 valence electrons. The highest BCUT2D eigenvalue weighted by Gasteiger charge is 2.27. The van der Waals surface area contributed by atoms with E-state index in [-0.39, 0.29) is 11.6 Å². The van der Waals surface area contributed by atoms with Gasteiger partial charge in [-0.15, -0.1) is 0 Å². The van der Waals surface area contributed by atoms with Gasteiger partial charge < -0.3 is 4.42 Å². The number of anilines is 1. The Bertz CT molecular complexity index is 778. The normalized spacial score (nSPS) is 11.4. The van der Waals surface area contributed by atoms with E-state index in [2.05, 4.69) is 0 Å². The Morgan fingerprint density at radius 3 is 2.39 bits per heavy atom. The molecule has 1 aromatic carbocycles. The van der Waals surface area contributed by atoms with Gasteiger partial charge in [0.15, 0.2) is 12.0 Å². The maximum atomic E-state index is 12.2. The van der Waals surface area contributed by atoms with Crippen molar-refractivity contribution in [1.29, 1.82) is 0 Å². The predicted octanol–water partition coefficient (Wildman–Crippen LogP) is 3.63. The molecule has 1 aromatic heterocycles. The van der Waals surface area contributed by atoms with E-state index in [9.17, 15) is 13.2 Å². The van der Waals surface area contributed by atoms with Crippen molar-refractivity contribution in [1.82, 2.24) is 0 Å². The third kappa shape index (κ3) is 3.64. The SMILES string of the molecule is CCCCN(c1oc(C=O)c(C)c1-c1ccccc1)S(C)(=O)=O. The lowest BCUT2D eigenvalue weighted by atomic mass is 10.0. The van der Waals surface area contributed by atoms with Crippen LogP contribution >= 0.6 is 0 Å². The number of rotatable bonds is 7. The smallest absolute Gasteiger partial charge is 0.234 e. The van der Waals surface area contributed by atoms with Crippen molar-refractivity contribution < 1.29 is 17.6 Å². The van der Waals surface area contributed by atoms with Gasteiger partial charge in [-0.2, -0.15) is 0 Å². The molecule has 0 unspecified atom stereocenters. The maximum absolute atomic E-state index is 12.2. The highest BCUT2D eigenvalue weighted by atomic mass is 32.2. The van der Waals surface area contributed by atoms with Crippen molar-refractivity contribution in [2.45, 2.75) is 26.7 Å². The topological polar surface area (TPSA) is 67.6 Å². The molecular weight excluding hydrogens is 314 g/mol. The number of furan rings is 1. The summed E-state index contributed by atoms with van der Waals surface area (Å²) in [4.78, 5) is 11.2. The first kappa shape index (κ1) is 17.3. The highest BCUT2D eigenvalue weighted by Crippen LogP contribution is 2.39. The fourth-order valence-electron chi connectivity index (χ4n) is 2.47. The Morgan fingerprint density at radius 1 is 1.22 bits per heavy atom. The van der Waals surface area contributed by atoms with Crippen LogP contribution in [0.15, 0.2) is 34.7 Å². The first-order chi connectivity index (χ1) is 10.9. The average molecular weight is 335 g/mol. The molecule has 5 nitrogen and oxygen atoms in total. The molecule has 0 radical (unpaired) electrons. The molecule has 0 bridgehead atoms. The van der Waals surface area contributed by atoms with Crippen LogP contribution in [-0.4, -0.2) is 27.5 Å². The average Bonchev–Trinajstić information content (AvgIpc) is 2.83. The molecule has 0 aliphatic carbocycles. The summed E-state index contributed by atoms with van der Waals surface area (Å²) in [6.07, 6.45) is 3.33. The van der Waals surface area contributed by atoms with E-state index in [1.165, 1.54) is 4.31 Å². The molecule has 6 heteroatoms. The molecule has 2 aromatic rings. The standard InChI is InChI=1S/C17H21NO4S/c1-4-5-11-18(23(3,20)21)17-16(13(2)15(12-19)22-17)14-9-7-6-8-10-14/h6-10,12H,4-5,11H2,1-3H3. The summed E-state index contributed by atoms with van der Waals surface area (Å²) in [5.41, 5.74) is 2.11. The zero-order valence-electron chi connectivity index (χ0n) is 13.6. The number of sulfonamides is 1. The van der Waals surface area contributed by atoms with E-state index in [1.807, 2.05) is 37.3 Å². The highest BCUT2D eigenvalue weighted by molar-refractivity contribution is 7.92. The second-order valence-electron chi connectivity index (χ2n) is 5.44. The van der Waals surface area contributed by atoms with Gasteiger partial charge in [0.2, 0.25) is 15.9 Å². The van der Waals surface area contributed by atoms with Gasteiger partial charge in [0.25, 0.3) is 0 Å². The molecule has 0 saturated carbocycles. The summed E-state index contributed by atoms with van der Waals surface area (Å²) in [5, 5.41) is 0. The lowest BCUT2D eigenvalue weighted by molar-refractivity contribution is 0.110. The van der Waals surface area contributed by atoms with Gasteiger partial charge in [0, 0.05) is 17.7 Å². The molecule has 0 fully saturated rings. The molecule has 0 aliphatic heterocycles. The van der Waals surface area contributed by atoms with Crippen LogP contribution in [0.25, 0.3) is 11.1 Å². The third-order valence-corrected chi connectivity index (χ3v) is 4.83. The molecule has 23 heavy (non-hydrogen) atoms. The lowest BCUT2D eigenvalue weighted by Crippen LogP contribution is -2.30. The van der Waals surface area contributed by atoms with Crippen molar-refractivity contribution in [2.24, 2.45) is 0 Å². The number of nitrogens with zero attached hydrogens (tertiary/aromatic N) is 1. The van der Waals surface area contributed by atoms with E-state index >= 15 is 0 Å². The molecule has 0 atom stereocenters. The Balaban J connectivity index is 2.67. The first-order valence-electron chi connectivity index (χ1n) is 7.51. The van der Waals surface area contributed by atoms with Gasteiger partial charge in [-0.25, -0.2) is 12.7 Å². The van der Waals surface area contributed by atoms with Crippen LogP contribution in [0.5, 0.6) is 0 Å². The van der Waals surface area contributed by atoms with Crippen molar-refractivity contribution in [3.05, 3.63) is 41.7 Å². The van der Waals surface area contributed by atoms with Crippen molar-refractivity contribution in [3.63, 3.8) is 0 Å². The van der Waals surface area contributed by atoms with Gasteiger partial charge in [-0.05, 0) is 18.9 Å². The number of benzene rings is 1. The lowest BCUT2D eigenvalue weighted by Gasteiger charge is -2.21. The van der Waals surface area contributed by atoms with Gasteiger partial charge in [-0.1, -0.05) is 43.7 Å². The monoisotopic (exact) mass is 335 g/mol.